The van der Waals surface area contributed by atoms with Crippen LogP contribution in [0.5, 0.6) is 0 Å². The lowest BCUT2D eigenvalue weighted by atomic mass is 10.1. The van der Waals surface area contributed by atoms with Crippen molar-refractivity contribution in [1.29, 1.82) is 0 Å². The van der Waals surface area contributed by atoms with E-state index in [4.69, 9.17) is 4.18 Å². The summed E-state index contributed by atoms with van der Waals surface area (Å²) < 4.78 is 29.1. The molecule has 2 heterocycles. The Kier molecular flexibility index (Phi) is 22.9. The summed E-state index contributed by atoms with van der Waals surface area (Å²) in [4.78, 5) is 14.9. The molecule has 0 radical (unpaired) electrons. The lowest BCUT2D eigenvalue weighted by Crippen LogP contribution is -2.12. The van der Waals surface area contributed by atoms with E-state index in [2.05, 4.69) is 52.2 Å². The van der Waals surface area contributed by atoms with Crippen LogP contribution in [0.15, 0.2) is 96.5 Å². The van der Waals surface area contributed by atoms with E-state index in [-0.39, 0.29) is 44.4 Å². The summed E-state index contributed by atoms with van der Waals surface area (Å²) in [6.07, 6.45) is 12.4. The highest BCUT2D eigenvalue weighted by atomic mass is 32.2. The van der Waals surface area contributed by atoms with Gasteiger partial charge < -0.3 is 4.98 Å². The number of nitrogens with one attached hydrogen (secondary N) is 1. The van der Waals surface area contributed by atoms with Gasteiger partial charge in [0, 0.05) is 30.5 Å². The fourth-order valence-electron chi connectivity index (χ4n) is 2.57. The third-order valence-corrected chi connectivity index (χ3v) is 7.30. The Labute approximate surface area is 257 Å². The number of hydrogen-bond acceptors (Lipinski definition) is 8. The standard InChI is InChI=1S/C13H18O3S.C10H14N2S.C4H4N2S.2H2S/c1-4-5-12(3)10-16-17(14,15)13-8-6-11(2)7-9-13;1-3-5-9(2)8-13-10-11-6-4-7-12-10;7-4-5-2-1-3-6-4;;/h4,6-9,12H,1,5,10H2,2-3H3;3-4,6-7,9H,1,5,8H2,2H3;1-3H,(H,5,6,7);2*1H2/t12-;9-;;;/m00.../s1. The number of rotatable bonds is 11. The summed E-state index contributed by atoms with van der Waals surface area (Å²) >= 11 is 6.34. The number of hydrogen-bond donors (Lipinski definition) is 1. The van der Waals surface area contributed by atoms with E-state index in [0.29, 0.717) is 10.7 Å². The second-order valence-electron chi connectivity index (χ2n) is 8.24. The third-order valence-electron chi connectivity index (χ3n) is 4.58. The van der Waals surface area contributed by atoms with Crippen LogP contribution in [0.1, 0.15) is 32.3 Å². The Balaban J connectivity index is 0. The molecule has 3 aromatic rings. The van der Waals surface area contributed by atoms with Crippen LogP contribution in [-0.2, 0) is 14.3 Å². The first-order valence-corrected chi connectivity index (χ1v) is 14.6. The van der Waals surface area contributed by atoms with Gasteiger partial charge in [0.2, 0.25) is 0 Å². The van der Waals surface area contributed by atoms with Crippen molar-refractivity contribution in [1.82, 2.24) is 19.9 Å². The number of aromatic nitrogens is 4. The number of aryl methyl sites for hydroxylation is 1. The van der Waals surface area contributed by atoms with E-state index in [1.807, 2.05) is 26.0 Å². The molecule has 0 aliphatic rings. The van der Waals surface area contributed by atoms with Crippen molar-refractivity contribution in [2.24, 2.45) is 11.8 Å². The molecule has 0 fully saturated rings. The minimum atomic E-state index is -3.62. The average molecular weight is 629 g/mol. The molecule has 0 bridgehead atoms. The summed E-state index contributed by atoms with van der Waals surface area (Å²) in [6, 6.07) is 10.2. The Morgan fingerprint density at radius 3 is 2.03 bits per heavy atom. The molecule has 39 heavy (non-hydrogen) atoms. The van der Waals surface area contributed by atoms with Gasteiger partial charge in [-0.15, -0.1) is 13.2 Å². The van der Waals surface area contributed by atoms with Crippen LogP contribution >= 0.6 is 51.0 Å². The highest BCUT2D eigenvalue weighted by molar-refractivity contribution is 7.99. The minimum Gasteiger partial charge on any atom is -0.337 e. The molecule has 0 amide bonds. The molecule has 2 atom stereocenters. The fraction of sp³-hybridized carbons (Fsp3) is 0.333. The van der Waals surface area contributed by atoms with Crippen molar-refractivity contribution < 1.29 is 12.6 Å². The van der Waals surface area contributed by atoms with Gasteiger partial charge in [-0.05, 0) is 68.1 Å². The van der Waals surface area contributed by atoms with Crippen molar-refractivity contribution in [3.63, 3.8) is 0 Å². The molecule has 7 nitrogen and oxygen atoms in total. The zero-order chi connectivity index (χ0) is 27.5. The van der Waals surface area contributed by atoms with Gasteiger partial charge in [-0.1, -0.05) is 55.5 Å². The Morgan fingerprint density at radius 1 is 0.974 bits per heavy atom. The highest BCUT2D eigenvalue weighted by Gasteiger charge is 2.16. The van der Waals surface area contributed by atoms with Crippen LogP contribution in [0, 0.1) is 23.5 Å². The molecular formula is C27H40N4O3S5. The quantitative estimate of drug-likeness (QED) is 0.0793. The van der Waals surface area contributed by atoms with E-state index >= 15 is 0 Å². The predicted octanol–water partition coefficient (Wildman–Crippen LogP) is 7.06. The van der Waals surface area contributed by atoms with Crippen LogP contribution < -0.4 is 0 Å². The summed E-state index contributed by atoms with van der Waals surface area (Å²) in [5.41, 5.74) is 1.02. The molecule has 1 N–H and O–H groups in total. The van der Waals surface area contributed by atoms with Gasteiger partial charge in [0.05, 0.1) is 11.5 Å². The average Bonchev–Trinajstić information content (AvgIpc) is 2.89. The van der Waals surface area contributed by atoms with Gasteiger partial charge in [0.1, 0.15) is 0 Å². The summed E-state index contributed by atoms with van der Waals surface area (Å²) in [5.74, 6) is 1.84. The maximum Gasteiger partial charge on any atom is 0.296 e. The molecule has 0 saturated carbocycles. The SMILES string of the molecule is C=CC[C@H](C)COS(=O)(=O)c1ccc(C)cc1.C=CC[C@H](C)CSc1ncccn1.S.S.S=c1nccc[nH]1. The van der Waals surface area contributed by atoms with E-state index in [1.54, 1.807) is 73.0 Å². The van der Waals surface area contributed by atoms with Gasteiger partial charge in [0.25, 0.3) is 10.1 Å². The van der Waals surface area contributed by atoms with Crippen LogP contribution in [-0.4, -0.2) is 40.7 Å². The molecule has 1 aromatic carbocycles. The lowest BCUT2D eigenvalue weighted by molar-refractivity contribution is 0.266. The molecule has 0 aliphatic carbocycles. The first-order chi connectivity index (χ1) is 17.7. The van der Waals surface area contributed by atoms with Crippen LogP contribution in [0.2, 0.25) is 0 Å². The number of nitrogens with zero attached hydrogens (tertiary/aromatic N) is 3. The van der Waals surface area contributed by atoms with Gasteiger partial charge in [0.15, 0.2) is 9.93 Å². The van der Waals surface area contributed by atoms with E-state index in [9.17, 15) is 8.42 Å². The molecule has 0 unspecified atom stereocenters. The molecule has 216 valence electrons. The van der Waals surface area contributed by atoms with Crippen molar-refractivity contribution in [2.75, 3.05) is 12.4 Å². The number of allylic oxidation sites excluding steroid dienone is 2. The smallest absolute Gasteiger partial charge is 0.296 e. The summed E-state index contributed by atoms with van der Waals surface area (Å²) in [5, 5.41) is 0.860. The fourth-order valence-corrected chi connectivity index (χ4v) is 4.56. The Morgan fingerprint density at radius 2 is 1.54 bits per heavy atom. The highest BCUT2D eigenvalue weighted by Crippen LogP contribution is 2.17. The van der Waals surface area contributed by atoms with Crippen LogP contribution in [0.4, 0.5) is 0 Å². The van der Waals surface area contributed by atoms with E-state index in [1.165, 1.54) is 0 Å². The lowest BCUT2D eigenvalue weighted by Gasteiger charge is -2.10. The maximum absolute atomic E-state index is 11.8. The zero-order valence-corrected chi connectivity index (χ0v) is 27.1. The Bertz CT molecular complexity index is 1190. The first-order valence-electron chi connectivity index (χ1n) is 11.7. The summed E-state index contributed by atoms with van der Waals surface area (Å²) in [7, 11) is -3.62. The van der Waals surface area contributed by atoms with E-state index < -0.39 is 10.1 Å². The van der Waals surface area contributed by atoms with Crippen LogP contribution in [0.3, 0.4) is 0 Å². The largest absolute Gasteiger partial charge is 0.337 e. The molecule has 0 aliphatic heterocycles. The molecule has 12 heteroatoms. The van der Waals surface area contributed by atoms with Gasteiger partial charge in [-0.3, -0.25) is 4.18 Å². The topological polar surface area (TPSA) is 97.8 Å². The summed E-state index contributed by atoms with van der Waals surface area (Å²) in [6.45, 7) is 13.5. The minimum absolute atomic E-state index is 0. The molecular weight excluding hydrogens is 589 g/mol. The second-order valence-corrected chi connectivity index (χ2v) is 11.2. The normalized spacial score (nSPS) is 11.5. The maximum atomic E-state index is 11.8. The van der Waals surface area contributed by atoms with Crippen molar-refractivity contribution in [3.05, 3.63) is 96.8 Å². The number of H-pyrrole nitrogens is 1. The predicted molar refractivity (Wildman–Crippen MR) is 175 cm³/mol. The number of thioether (sulfide) groups is 1. The van der Waals surface area contributed by atoms with Gasteiger partial charge >= 0.3 is 0 Å². The van der Waals surface area contributed by atoms with Gasteiger partial charge in [-0.25, -0.2) is 15.0 Å². The second kappa shape index (κ2) is 22.8. The number of aromatic amines is 1. The molecule has 3 rings (SSSR count). The Hall–Kier alpha value is -1.96. The molecule has 0 spiro atoms. The zero-order valence-electron chi connectivity index (χ0n) is 22.6. The van der Waals surface area contributed by atoms with E-state index in [0.717, 1.165) is 29.3 Å². The molecule has 2 aromatic heterocycles. The number of benzene rings is 1. The van der Waals surface area contributed by atoms with Crippen molar-refractivity contribution in [2.45, 2.75) is 43.7 Å². The first kappa shape index (κ1) is 39.2. The monoisotopic (exact) mass is 628 g/mol. The third kappa shape index (κ3) is 18.9. The van der Waals surface area contributed by atoms with Crippen molar-refractivity contribution >= 4 is 61.1 Å². The van der Waals surface area contributed by atoms with Crippen LogP contribution in [0.25, 0.3) is 0 Å². The van der Waals surface area contributed by atoms with Crippen molar-refractivity contribution in [3.8, 4) is 0 Å². The molecule has 0 saturated heterocycles. The van der Waals surface area contributed by atoms with Gasteiger partial charge in [-0.2, -0.15) is 35.4 Å².